The van der Waals surface area contributed by atoms with E-state index in [9.17, 15) is 14.4 Å². The maximum atomic E-state index is 15.8. The van der Waals surface area contributed by atoms with Gasteiger partial charge in [-0.1, -0.05) is 30.9 Å². The zero-order chi connectivity index (χ0) is 40.5. The number of allylic oxidation sites excluding steroid dienone is 4. The Bertz CT molecular complexity index is 2330. The van der Waals surface area contributed by atoms with Crippen molar-refractivity contribution in [3.8, 4) is 0 Å². The molecule has 0 spiro atoms. The molecule has 2 fully saturated rings. The number of hydrogen-bond acceptors (Lipinski definition) is 7. The molecule has 0 saturated carbocycles. The van der Waals surface area contributed by atoms with Crippen LogP contribution in [0.25, 0.3) is 27.4 Å². The minimum atomic E-state index is -0.495. The summed E-state index contributed by atoms with van der Waals surface area (Å²) in [5, 5.41) is 2.63. The number of nitrogens with zero attached hydrogens (tertiary/aromatic N) is 6. The van der Waals surface area contributed by atoms with Crippen LogP contribution >= 0.6 is 9.24 Å². The van der Waals surface area contributed by atoms with Crippen LogP contribution in [0.5, 0.6) is 0 Å². The van der Waals surface area contributed by atoms with Crippen LogP contribution in [0.15, 0.2) is 85.4 Å². The van der Waals surface area contributed by atoms with Crippen LogP contribution < -0.4 is 10.2 Å². The van der Waals surface area contributed by atoms with Crippen LogP contribution in [0.1, 0.15) is 79.2 Å². The van der Waals surface area contributed by atoms with E-state index in [1.807, 2.05) is 50.4 Å². The van der Waals surface area contributed by atoms with E-state index in [1.54, 1.807) is 31.5 Å². The molecule has 0 aliphatic carbocycles. The molecule has 2 aromatic heterocycles. The molecule has 2 unspecified atom stereocenters. The van der Waals surface area contributed by atoms with Gasteiger partial charge in [0.1, 0.15) is 11.6 Å². The zero-order valence-corrected chi connectivity index (χ0v) is 34.8. The number of aryl methyl sites for hydroxylation is 1. The van der Waals surface area contributed by atoms with E-state index < -0.39 is 6.04 Å². The second kappa shape index (κ2) is 16.9. The lowest BCUT2D eigenvalue weighted by atomic mass is 9.93. The second-order valence-electron chi connectivity index (χ2n) is 15.9. The van der Waals surface area contributed by atoms with Crippen molar-refractivity contribution in [2.45, 2.75) is 58.9 Å². The zero-order valence-electron chi connectivity index (χ0n) is 33.7. The highest BCUT2D eigenvalue weighted by Gasteiger charge is 2.40. The summed E-state index contributed by atoms with van der Waals surface area (Å²) in [4.78, 5) is 51.2. The molecule has 2 saturated heterocycles. The lowest BCUT2D eigenvalue weighted by Crippen LogP contribution is -2.47. The number of fused-ring (bicyclic) bond motifs is 4. The van der Waals surface area contributed by atoms with Crippen molar-refractivity contribution in [1.29, 1.82) is 0 Å². The van der Waals surface area contributed by atoms with Crippen LogP contribution in [0.4, 0.5) is 10.1 Å². The number of aromatic nitrogens is 2. The summed E-state index contributed by atoms with van der Waals surface area (Å²) in [5.74, 6) is -0.198. The molecule has 0 N–H and O–H groups in total. The first-order chi connectivity index (χ1) is 27.4. The van der Waals surface area contributed by atoms with Crippen molar-refractivity contribution >= 4 is 65.2 Å². The van der Waals surface area contributed by atoms with Gasteiger partial charge in [0.05, 0.1) is 28.2 Å². The number of likely N-dealkylation sites (tertiary alicyclic amines) is 1. The molecule has 0 bridgehead atoms. The molecule has 5 heterocycles. The average molecular weight is 789 g/mol. The number of carbonyl (C=O) groups is 3. The van der Waals surface area contributed by atoms with E-state index in [2.05, 4.69) is 46.6 Å². The van der Waals surface area contributed by atoms with Gasteiger partial charge in [0.15, 0.2) is 0 Å². The van der Waals surface area contributed by atoms with E-state index >= 15 is 4.39 Å². The summed E-state index contributed by atoms with van der Waals surface area (Å²) in [5.41, 5.74) is 6.85. The first-order valence-corrected chi connectivity index (χ1v) is 20.7. The number of pyridine rings is 1. The van der Waals surface area contributed by atoms with Gasteiger partial charge in [0.25, 0.3) is 11.8 Å². The smallest absolute Gasteiger partial charge is 0.262 e. The maximum Gasteiger partial charge on any atom is 0.262 e. The van der Waals surface area contributed by atoms with E-state index in [1.165, 1.54) is 11.8 Å². The molecule has 2 atom stereocenters. The normalized spacial score (nSPS) is 17.7. The summed E-state index contributed by atoms with van der Waals surface area (Å²) < 4.78 is 17.9. The summed E-state index contributed by atoms with van der Waals surface area (Å²) in [6, 6.07) is 8.69. The fourth-order valence-corrected chi connectivity index (χ4v) is 9.56. The Balaban J connectivity index is 0.888. The topological polar surface area (TPSA) is 82.0 Å². The highest BCUT2D eigenvalue weighted by atomic mass is 31.0. The Morgan fingerprint density at radius 2 is 1.70 bits per heavy atom. The maximum absolute atomic E-state index is 15.8. The summed E-state index contributed by atoms with van der Waals surface area (Å²) in [6.45, 7) is 20.2. The van der Waals surface area contributed by atoms with Crippen molar-refractivity contribution in [3.63, 3.8) is 0 Å². The Morgan fingerprint density at radius 3 is 2.39 bits per heavy atom. The number of piperidine rings is 1. The third kappa shape index (κ3) is 7.99. The van der Waals surface area contributed by atoms with Crippen molar-refractivity contribution in [3.05, 3.63) is 108 Å². The number of amides is 2. The number of anilines is 1. The number of Topliss-reactive ketones (excluding diaryl/α,β-unsaturated/α-hetero) is 1. The van der Waals surface area contributed by atoms with Crippen molar-refractivity contribution in [1.82, 2.24) is 24.3 Å². The predicted molar refractivity (Wildman–Crippen MR) is 232 cm³/mol. The first kappa shape index (κ1) is 40.3. The standard InChI is InChI=1S/C46H54FN6O3P/c1-7-33(42-39(47)27-36-38-28-48-18-14-41(38)49(6)43(36)44(42)57)10-8-30(4)51-20-16-32(17-21-51)15-19-50-22-24-52(25-23-50)34-11-12-35-37(26-34)46(56)53(45(35)55)40(29(2)3)13-9-31(5)54/h7-8,10-12,14,18,26-28,32,40H,2,4,9,13,15-17,19-25,57H2,1,3,5-6H3/b10-8-,33-7+. The molecule has 3 aliphatic heterocycles. The van der Waals surface area contributed by atoms with Gasteiger partial charge in [0, 0.05) is 98.2 Å². The highest BCUT2D eigenvalue weighted by Crippen LogP contribution is 2.34. The fraction of sp³-hybridized carbons (Fsp3) is 0.391. The van der Waals surface area contributed by atoms with E-state index in [0.717, 1.165) is 109 Å². The molecule has 9 nitrogen and oxygen atoms in total. The molecule has 2 amide bonds. The number of halogens is 1. The van der Waals surface area contributed by atoms with Crippen molar-refractivity contribution in [2.24, 2.45) is 13.0 Å². The Morgan fingerprint density at radius 1 is 0.982 bits per heavy atom. The lowest BCUT2D eigenvalue weighted by Gasteiger charge is -2.38. The number of imide groups is 1. The number of benzene rings is 2. The minimum Gasteiger partial charge on any atom is -0.372 e. The molecule has 11 heteroatoms. The number of hydrogen-bond donors (Lipinski definition) is 0. The van der Waals surface area contributed by atoms with E-state index in [0.29, 0.717) is 41.0 Å². The molecule has 2 aromatic carbocycles. The van der Waals surface area contributed by atoms with Crippen LogP contribution in [0.2, 0.25) is 0 Å². The van der Waals surface area contributed by atoms with Gasteiger partial charge in [0.2, 0.25) is 0 Å². The largest absolute Gasteiger partial charge is 0.372 e. The predicted octanol–water partition coefficient (Wildman–Crippen LogP) is 7.67. The molecule has 298 valence electrons. The van der Waals surface area contributed by atoms with Gasteiger partial charge in [-0.2, -0.15) is 0 Å². The molecular formula is C46H54FN6O3P. The molecule has 3 aliphatic rings. The van der Waals surface area contributed by atoms with Crippen molar-refractivity contribution in [2.75, 3.05) is 50.7 Å². The number of ketones is 1. The van der Waals surface area contributed by atoms with Gasteiger partial charge >= 0.3 is 0 Å². The van der Waals surface area contributed by atoms with E-state index in [4.69, 9.17) is 0 Å². The van der Waals surface area contributed by atoms with Gasteiger partial charge < -0.3 is 19.2 Å². The van der Waals surface area contributed by atoms with Crippen LogP contribution in [-0.2, 0) is 11.8 Å². The SMILES string of the molecule is C=C(C)C(CCC(C)=O)N1C(=O)c2ccc(N3CCN(CCC4CCN(C(=C)/C=C\C(=C/C)c5c(F)cc6c7cnccc7n(C)c6c5P)CC4)CC3)cc2C1=O. The van der Waals surface area contributed by atoms with Gasteiger partial charge in [-0.25, -0.2) is 4.39 Å². The molecular weight excluding hydrogens is 735 g/mol. The highest BCUT2D eigenvalue weighted by molar-refractivity contribution is 7.28. The van der Waals surface area contributed by atoms with Gasteiger partial charge in [-0.05, 0) is 101 Å². The Labute approximate surface area is 337 Å². The molecule has 4 aromatic rings. The van der Waals surface area contributed by atoms with Gasteiger partial charge in [-0.15, -0.1) is 9.24 Å². The van der Waals surface area contributed by atoms with Gasteiger partial charge in [-0.3, -0.25) is 24.4 Å². The van der Waals surface area contributed by atoms with Crippen molar-refractivity contribution < 1.29 is 18.8 Å². The van der Waals surface area contributed by atoms with Crippen LogP contribution in [0.3, 0.4) is 0 Å². The summed E-state index contributed by atoms with van der Waals surface area (Å²) in [6.07, 6.45) is 13.6. The number of piperazine rings is 1. The summed E-state index contributed by atoms with van der Waals surface area (Å²) in [7, 11) is 4.79. The number of rotatable bonds is 13. The van der Waals surface area contributed by atoms with E-state index in [-0.39, 0.29) is 23.4 Å². The number of carbonyl (C=O) groups excluding carboxylic acids is 3. The Hall–Kier alpha value is -4.92. The first-order valence-electron chi connectivity index (χ1n) is 20.1. The third-order valence-electron chi connectivity index (χ3n) is 12.3. The fourth-order valence-electron chi connectivity index (χ4n) is 8.91. The monoisotopic (exact) mass is 788 g/mol. The van der Waals surface area contributed by atoms with Crippen LogP contribution in [-0.4, -0.2) is 93.7 Å². The molecule has 7 rings (SSSR count). The average Bonchev–Trinajstić information content (AvgIpc) is 3.63. The summed E-state index contributed by atoms with van der Waals surface area (Å²) >= 11 is 0. The molecule has 57 heavy (non-hydrogen) atoms. The second-order valence-corrected chi connectivity index (χ2v) is 16.5. The Kier molecular flexibility index (Phi) is 11.9. The third-order valence-corrected chi connectivity index (χ3v) is 12.9. The lowest BCUT2D eigenvalue weighted by molar-refractivity contribution is -0.117. The van der Waals surface area contributed by atoms with Crippen LogP contribution in [0, 0.1) is 11.7 Å². The molecule has 0 radical (unpaired) electrons. The quantitative estimate of drug-likeness (QED) is 0.0596. The minimum absolute atomic E-state index is 0.0231.